The summed E-state index contributed by atoms with van der Waals surface area (Å²) in [6.45, 7) is 0. The Labute approximate surface area is 105 Å². The number of alkyl halides is 7. The van der Waals surface area contributed by atoms with Gasteiger partial charge in [0, 0.05) is 0 Å². The number of rotatable bonds is 3. The maximum Gasteiger partial charge on any atom is 0.459 e. The highest BCUT2D eigenvalue weighted by Crippen LogP contribution is 2.50. The van der Waals surface area contributed by atoms with Crippen molar-refractivity contribution in [3.63, 3.8) is 0 Å². The van der Waals surface area contributed by atoms with E-state index in [1.807, 2.05) is 0 Å². The highest BCUT2D eigenvalue weighted by molar-refractivity contribution is 5.85. The molecule has 1 aliphatic carbocycles. The van der Waals surface area contributed by atoms with Crippen LogP contribution in [0.1, 0.15) is 25.7 Å². The summed E-state index contributed by atoms with van der Waals surface area (Å²) in [5.74, 6) is -12.4. The van der Waals surface area contributed by atoms with Crippen LogP contribution in [0.3, 0.4) is 0 Å². The van der Waals surface area contributed by atoms with E-state index >= 15 is 0 Å². The summed E-state index contributed by atoms with van der Waals surface area (Å²) >= 11 is 0. The molecule has 0 saturated heterocycles. The first kappa shape index (κ1) is 17.8. The average molecular weight is 304 g/mol. The predicted molar refractivity (Wildman–Crippen MR) is 53.1 cm³/mol. The Morgan fingerprint density at radius 2 is 1.28 bits per heavy atom. The summed E-state index contributed by atoms with van der Waals surface area (Å²) in [5, 5.41) is 0. The Hall–Kier alpha value is -0.240. The molecule has 1 fully saturated rings. The van der Waals surface area contributed by atoms with E-state index in [0.29, 0.717) is 12.8 Å². The van der Waals surface area contributed by atoms with E-state index in [2.05, 4.69) is 0 Å². The fourth-order valence-electron chi connectivity index (χ4n) is 2.01. The van der Waals surface area contributed by atoms with Crippen molar-refractivity contribution in [3.05, 3.63) is 0 Å². The van der Waals surface area contributed by atoms with Crippen LogP contribution in [0.4, 0.5) is 30.7 Å². The van der Waals surface area contributed by atoms with Crippen LogP contribution in [-0.2, 0) is 0 Å². The molecule has 0 amide bonds. The van der Waals surface area contributed by atoms with E-state index in [1.54, 1.807) is 0 Å². The smallest absolute Gasteiger partial charge is 0.322 e. The van der Waals surface area contributed by atoms with Crippen LogP contribution in [0.2, 0.25) is 0 Å². The van der Waals surface area contributed by atoms with Gasteiger partial charge in [0.25, 0.3) is 0 Å². The molecule has 2 N–H and O–H groups in total. The van der Waals surface area contributed by atoms with Gasteiger partial charge in [0.05, 0.1) is 6.04 Å². The highest BCUT2D eigenvalue weighted by atomic mass is 35.5. The van der Waals surface area contributed by atoms with Gasteiger partial charge >= 0.3 is 18.0 Å². The van der Waals surface area contributed by atoms with E-state index < -0.39 is 30.0 Å². The molecule has 0 heterocycles. The number of hydrogen-bond acceptors (Lipinski definition) is 1. The highest BCUT2D eigenvalue weighted by Gasteiger charge is 2.75. The molecule has 9 heteroatoms. The zero-order valence-electron chi connectivity index (χ0n) is 9.11. The molecule has 0 aromatic heterocycles. The first-order chi connectivity index (χ1) is 7.52. The molecule has 1 saturated carbocycles. The van der Waals surface area contributed by atoms with E-state index in [4.69, 9.17) is 5.73 Å². The van der Waals surface area contributed by atoms with Crippen LogP contribution < -0.4 is 5.73 Å². The molecule has 0 aliphatic heterocycles. The number of hydrogen-bond donors (Lipinski definition) is 1. The van der Waals surface area contributed by atoms with Gasteiger partial charge in [-0.3, -0.25) is 0 Å². The van der Waals surface area contributed by atoms with E-state index in [9.17, 15) is 30.7 Å². The monoisotopic (exact) mass is 303 g/mol. The molecule has 1 aliphatic rings. The first-order valence-electron chi connectivity index (χ1n) is 5.09. The van der Waals surface area contributed by atoms with Crippen LogP contribution in [0.5, 0.6) is 0 Å². The topological polar surface area (TPSA) is 26.0 Å². The maximum atomic E-state index is 13.1. The third kappa shape index (κ3) is 2.84. The van der Waals surface area contributed by atoms with Crippen LogP contribution >= 0.6 is 12.4 Å². The Morgan fingerprint density at radius 3 is 1.61 bits per heavy atom. The lowest BCUT2D eigenvalue weighted by molar-refractivity contribution is -0.360. The summed E-state index contributed by atoms with van der Waals surface area (Å²) < 4.78 is 87.3. The van der Waals surface area contributed by atoms with Crippen molar-refractivity contribution in [2.24, 2.45) is 11.7 Å². The summed E-state index contributed by atoms with van der Waals surface area (Å²) in [5.41, 5.74) is 4.91. The average Bonchev–Trinajstić information content (AvgIpc) is 2.66. The van der Waals surface area contributed by atoms with Crippen molar-refractivity contribution in [3.8, 4) is 0 Å². The Morgan fingerprint density at radius 1 is 0.889 bits per heavy atom. The van der Waals surface area contributed by atoms with Crippen molar-refractivity contribution in [1.29, 1.82) is 0 Å². The number of halogens is 8. The molecular formula is C9H13ClF7N. The third-order valence-electron chi connectivity index (χ3n) is 3.10. The Bertz CT molecular complexity index is 273. The molecule has 1 rings (SSSR count). The molecule has 0 unspecified atom stereocenters. The van der Waals surface area contributed by atoms with Crippen molar-refractivity contribution in [2.45, 2.75) is 49.7 Å². The van der Waals surface area contributed by atoms with Crippen LogP contribution in [-0.4, -0.2) is 24.1 Å². The Balaban J connectivity index is 0.00000289. The van der Waals surface area contributed by atoms with Gasteiger partial charge in [0.1, 0.15) is 0 Å². The third-order valence-corrected chi connectivity index (χ3v) is 3.10. The van der Waals surface area contributed by atoms with Gasteiger partial charge in [-0.1, -0.05) is 12.8 Å². The van der Waals surface area contributed by atoms with Gasteiger partial charge in [-0.2, -0.15) is 30.7 Å². The first-order valence-corrected chi connectivity index (χ1v) is 5.09. The van der Waals surface area contributed by atoms with Gasteiger partial charge < -0.3 is 5.73 Å². The van der Waals surface area contributed by atoms with Crippen LogP contribution in [0.15, 0.2) is 0 Å². The zero-order chi connectivity index (χ0) is 13.5. The van der Waals surface area contributed by atoms with Gasteiger partial charge in [0.15, 0.2) is 0 Å². The van der Waals surface area contributed by atoms with Crippen molar-refractivity contribution < 1.29 is 30.7 Å². The minimum atomic E-state index is -6.30. The summed E-state index contributed by atoms with van der Waals surface area (Å²) in [6, 6.07) is -2.47. The van der Waals surface area contributed by atoms with Gasteiger partial charge in [-0.25, -0.2) is 0 Å². The van der Waals surface area contributed by atoms with Gasteiger partial charge in [-0.05, 0) is 18.8 Å². The minimum absolute atomic E-state index is 0. The van der Waals surface area contributed by atoms with Crippen LogP contribution in [0.25, 0.3) is 0 Å². The second kappa shape index (κ2) is 5.40. The second-order valence-electron chi connectivity index (χ2n) is 4.27. The molecule has 0 aromatic carbocycles. The van der Waals surface area contributed by atoms with Crippen molar-refractivity contribution in [2.75, 3.05) is 0 Å². The quantitative estimate of drug-likeness (QED) is 0.789. The zero-order valence-corrected chi connectivity index (χ0v) is 9.93. The van der Waals surface area contributed by atoms with E-state index in [1.165, 1.54) is 0 Å². The van der Waals surface area contributed by atoms with Crippen molar-refractivity contribution >= 4 is 12.4 Å². The molecular weight excluding hydrogens is 291 g/mol. The lowest BCUT2D eigenvalue weighted by atomic mass is 9.90. The molecule has 0 spiro atoms. The molecule has 110 valence electrons. The summed E-state index contributed by atoms with van der Waals surface area (Å²) in [4.78, 5) is 0. The SMILES string of the molecule is Cl.N[C@@H](C1CCCC1)C(F)(F)C(F)(F)C(F)(F)F. The molecule has 0 bridgehead atoms. The maximum absolute atomic E-state index is 13.1. The second-order valence-corrected chi connectivity index (χ2v) is 4.27. The standard InChI is InChI=1S/C9H12F7N.ClH/c10-7(11,8(12,13)9(14,15)16)6(17)5-3-1-2-4-5;/h5-6H,1-4,17H2;1H/t6-;/m0./s1. The molecule has 1 nitrogen and oxygen atoms in total. The fourth-order valence-corrected chi connectivity index (χ4v) is 2.01. The van der Waals surface area contributed by atoms with Crippen molar-refractivity contribution in [1.82, 2.24) is 0 Å². The largest absolute Gasteiger partial charge is 0.459 e. The lowest BCUT2D eigenvalue weighted by Gasteiger charge is -2.34. The molecule has 0 aromatic rings. The summed E-state index contributed by atoms with van der Waals surface area (Å²) in [7, 11) is 0. The normalized spacial score (nSPS) is 20.7. The van der Waals surface area contributed by atoms with E-state index in [-0.39, 0.29) is 25.2 Å². The lowest BCUT2D eigenvalue weighted by Crippen LogP contribution is -2.62. The Kier molecular flexibility index (Phi) is 5.33. The molecule has 0 radical (unpaired) electrons. The van der Waals surface area contributed by atoms with Gasteiger partial charge in [0.2, 0.25) is 0 Å². The molecule has 1 atom stereocenters. The minimum Gasteiger partial charge on any atom is -0.322 e. The van der Waals surface area contributed by atoms with Crippen LogP contribution in [0, 0.1) is 5.92 Å². The summed E-state index contributed by atoms with van der Waals surface area (Å²) in [6.07, 6.45) is -4.94. The van der Waals surface area contributed by atoms with Gasteiger partial charge in [-0.15, -0.1) is 12.4 Å². The number of nitrogens with two attached hydrogens (primary N) is 1. The predicted octanol–water partition coefficient (Wildman–Crippen LogP) is 3.76. The fraction of sp³-hybridized carbons (Fsp3) is 1.00. The van der Waals surface area contributed by atoms with E-state index in [0.717, 1.165) is 0 Å². The molecule has 18 heavy (non-hydrogen) atoms.